The first-order valence-corrected chi connectivity index (χ1v) is 9.76. The summed E-state index contributed by atoms with van der Waals surface area (Å²) < 4.78 is 39.4. The third-order valence-corrected chi connectivity index (χ3v) is 4.91. The number of halogens is 3. The lowest BCUT2D eigenvalue weighted by Gasteiger charge is -2.31. The van der Waals surface area contributed by atoms with E-state index in [9.17, 15) is 18.0 Å². The minimum Gasteiger partial charge on any atom is -0.370 e. The predicted molar refractivity (Wildman–Crippen MR) is 103 cm³/mol. The highest BCUT2D eigenvalue weighted by atomic mass is 19.4. The van der Waals surface area contributed by atoms with Crippen molar-refractivity contribution in [1.29, 1.82) is 0 Å². The summed E-state index contributed by atoms with van der Waals surface area (Å²) in [5, 5.41) is 2.72. The van der Waals surface area contributed by atoms with E-state index in [0.29, 0.717) is 12.2 Å². The van der Waals surface area contributed by atoms with E-state index >= 15 is 0 Å². The number of nitrogens with one attached hydrogen (secondary N) is 1. The number of rotatable bonds is 8. The minimum absolute atomic E-state index is 0.254. The second-order valence-corrected chi connectivity index (χ2v) is 7.23. The smallest absolute Gasteiger partial charge is 0.370 e. The van der Waals surface area contributed by atoms with Gasteiger partial charge in [-0.15, -0.1) is 0 Å². The number of hydrogen-bond acceptors (Lipinski definition) is 3. The second-order valence-electron chi connectivity index (χ2n) is 7.23. The Balaban J connectivity index is 2.10. The minimum atomic E-state index is -4.43. The summed E-state index contributed by atoms with van der Waals surface area (Å²) in [5.74, 6) is -0.254. The van der Waals surface area contributed by atoms with Crippen molar-refractivity contribution in [2.45, 2.75) is 51.6 Å². The number of amides is 1. The van der Waals surface area contributed by atoms with Crippen LogP contribution in [-0.2, 0) is 11.0 Å². The number of hydrogen-bond donors (Lipinski definition) is 1. The number of carbonyl (C=O) groups excluding carboxylic acids is 1. The van der Waals surface area contributed by atoms with E-state index in [0.717, 1.165) is 63.9 Å². The molecule has 0 aromatic heterocycles. The number of alkyl halides is 3. The molecule has 1 heterocycles. The van der Waals surface area contributed by atoms with E-state index in [-0.39, 0.29) is 18.0 Å². The van der Waals surface area contributed by atoms with Crippen LogP contribution >= 0.6 is 0 Å². The third kappa shape index (κ3) is 6.72. The summed E-state index contributed by atoms with van der Waals surface area (Å²) in [5.41, 5.74) is 0.196. The monoisotopic (exact) mass is 385 g/mol. The molecule has 0 aliphatic carbocycles. The van der Waals surface area contributed by atoms with Crippen LogP contribution < -0.4 is 10.2 Å². The zero-order chi connectivity index (χ0) is 19.9. The number of benzene rings is 1. The van der Waals surface area contributed by atoms with Crippen LogP contribution in [0.4, 0.5) is 24.5 Å². The average molecular weight is 385 g/mol. The Morgan fingerprint density at radius 3 is 2.52 bits per heavy atom. The second kappa shape index (κ2) is 9.97. The van der Waals surface area contributed by atoms with Gasteiger partial charge in [-0.05, 0) is 57.5 Å². The maximum Gasteiger partial charge on any atom is 0.416 e. The first-order chi connectivity index (χ1) is 12.8. The van der Waals surface area contributed by atoms with Crippen molar-refractivity contribution in [3.63, 3.8) is 0 Å². The topological polar surface area (TPSA) is 35.6 Å². The normalized spacial score (nSPS) is 15.3. The Kier molecular flexibility index (Phi) is 7.95. The molecule has 1 amide bonds. The molecular formula is C20H30F3N3O. The lowest BCUT2D eigenvalue weighted by Crippen LogP contribution is -2.31. The molecule has 1 aromatic carbocycles. The number of nitrogens with zero attached hydrogens (tertiary/aromatic N) is 2. The first-order valence-electron chi connectivity index (χ1n) is 9.76. The fourth-order valence-corrected chi connectivity index (χ4v) is 3.27. The van der Waals surface area contributed by atoms with Crippen LogP contribution in [0.1, 0.15) is 51.0 Å². The van der Waals surface area contributed by atoms with Crippen LogP contribution in [0.5, 0.6) is 0 Å². The number of carbonyl (C=O) groups is 1. The van der Waals surface area contributed by atoms with Crippen molar-refractivity contribution >= 4 is 17.3 Å². The molecule has 1 aliphatic heterocycles. The zero-order valence-corrected chi connectivity index (χ0v) is 16.2. The van der Waals surface area contributed by atoms with Crippen molar-refractivity contribution < 1.29 is 18.0 Å². The van der Waals surface area contributed by atoms with Crippen LogP contribution in [0.15, 0.2) is 18.2 Å². The van der Waals surface area contributed by atoms with Gasteiger partial charge < -0.3 is 15.1 Å². The van der Waals surface area contributed by atoms with E-state index in [1.165, 1.54) is 6.07 Å². The Bertz CT molecular complexity index is 613. The number of anilines is 2. The Labute approximate surface area is 159 Å². The maximum absolute atomic E-state index is 13.1. The van der Waals surface area contributed by atoms with Crippen molar-refractivity contribution in [1.82, 2.24) is 4.90 Å². The van der Waals surface area contributed by atoms with Gasteiger partial charge in [-0.2, -0.15) is 13.2 Å². The van der Waals surface area contributed by atoms with Gasteiger partial charge in [0.25, 0.3) is 0 Å². The summed E-state index contributed by atoms with van der Waals surface area (Å²) in [4.78, 5) is 16.5. The van der Waals surface area contributed by atoms with Crippen LogP contribution in [-0.4, -0.2) is 44.0 Å². The summed E-state index contributed by atoms with van der Waals surface area (Å²) in [6.07, 6.45) is 1.12. The van der Waals surface area contributed by atoms with Crippen LogP contribution in [0.3, 0.4) is 0 Å². The molecule has 1 N–H and O–H groups in total. The third-order valence-electron chi connectivity index (χ3n) is 4.91. The summed E-state index contributed by atoms with van der Waals surface area (Å²) in [6.45, 7) is 5.20. The molecule has 0 unspecified atom stereocenters. The molecule has 1 fully saturated rings. The molecule has 0 bridgehead atoms. The summed E-state index contributed by atoms with van der Waals surface area (Å²) in [7, 11) is 1.95. The lowest BCUT2D eigenvalue weighted by molar-refractivity contribution is -0.137. The van der Waals surface area contributed by atoms with E-state index in [2.05, 4.69) is 22.0 Å². The van der Waals surface area contributed by atoms with E-state index in [1.807, 2.05) is 7.05 Å². The molecular weight excluding hydrogens is 355 g/mol. The van der Waals surface area contributed by atoms with Gasteiger partial charge in [-0.1, -0.05) is 13.3 Å². The molecule has 7 heteroatoms. The molecule has 152 valence electrons. The van der Waals surface area contributed by atoms with Gasteiger partial charge in [-0.3, -0.25) is 4.79 Å². The van der Waals surface area contributed by atoms with Gasteiger partial charge >= 0.3 is 6.18 Å². The molecule has 0 radical (unpaired) electrons. The van der Waals surface area contributed by atoms with Crippen molar-refractivity contribution in [2.24, 2.45) is 0 Å². The molecule has 1 aliphatic rings. The quantitative estimate of drug-likeness (QED) is 0.701. The SMILES string of the molecule is CCCCN(C)CCC(=O)Nc1cc(C(F)(F)F)ccc1N1CCCCC1. The van der Waals surface area contributed by atoms with Gasteiger partial charge in [0.15, 0.2) is 0 Å². The Morgan fingerprint density at radius 2 is 1.89 bits per heavy atom. The van der Waals surface area contributed by atoms with Crippen LogP contribution in [0.2, 0.25) is 0 Å². The summed E-state index contributed by atoms with van der Waals surface area (Å²) >= 11 is 0. The van der Waals surface area contributed by atoms with Crippen LogP contribution in [0.25, 0.3) is 0 Å². The van der Waals surface area contributed by atoms with Crippen LogP contribution in [0, 0.1) is 0 Å². The lowest BCUT2D eigenvalue weighted by atomic mass is 10.1. The highest BCUT2D eigenvalue weighted by Gasteiger charge is 2.31. The molecule has 27 heavy (non-hydrogen) atoms. The zero-order valence-electron chi connectivity index (χ0n) is 16.2. The number of piperidine rings is 1. The highest BCUT2D eigenvalue weighted by molar-refractivity contribution is 5.94. The predicted octanol–water partition coefficient (Wildman–Crippen LogP) is 4.76. The highest BCUT2D eigenvalue weighted by Crippen LogP contribution is 2.36. The molecule has 0 saturated carbocycles. The maximum atomic E-state index is 13.1. The van der Waals surface area contributed by atoms with Crippen molar-refractivity contribution in [3.05, 3.63) is 23.8 Å². The van der Waals surface area contributed by atoms with E-state index in [4.69, 9.17) is 0 Å². The summed E-state index contributed by atoms with van der Waals surface area (Å²) in [6, 6.07) is 3.64. The molecule has 1 saturated heterocycles. The fourth-order valence-electron chi connectivity index (χ4n) is 3.27. The first kappa shape index (κ1) is 21.5. The molecule has 2 rings (SSSR count). The van der Waals surface area contributed by atoms with Gasteiger partial charge in [0.2, 0.25) is 5.91 Å². The fraction of sp³-hybridized carbons (Fsp3) is 0.650. The Morgan fingerprint density at radius 1 is 1.19 bits per heavy atom. The largest absolute Gasteiger partial charge is 0.416 e. The van der Waals surface area contributed by atoms with Gasteiger partial charge in [0.1, 0.15) is 0 Å². The molecule has 4 nitrogen and oxygen atoms in total. The van der Waals surface area contributed by atoms with Crippen molar-refractivity contribution in [3.8, 4) is 0 Å². The van der Waals surface area contributed by atoms with E-state index < -0.39 is 11.7 Å². The van der Waals surface area contributed by atoms with Gasteiger partial charge in [0.05, 0.1) is 16.9 Å². The molecule has 0 spiro atoms. The molecule has 0 atom stereocenters. The number of unbranched alkanes of at least 4 members (excludes halogenated alkanes) is 1. The van der Waals surface area contributed by atoms with E-state index in [1.54, 1.807) is 0 Å². The average Bonchev–Trinajstić information content (AvgIpc) is 2.64. The standard InChI is InChI=1S/C20H30F3N3O/c1-3-4-11-25(2)14-10-19(27)24-17-15-16(20(21,22)23)8-9-18(17)26-12-6-5-7-13-26/h8-9,15H,3-7,10-14H2,1-2H3,(H,24,27). The Hall–Kier alpha value is -1.76. The van der Waals surface area contributed by atoms with Gasteiger partial charge in [0, 0.05) is 26.1 Å². The van der Waals surface area contributed by atoms with Crippen molar-refractivity contribution in [2.75, 3.05) is 43.4 Å². The molecule has 1 aromatic rings. The van der Waals surface area contributed by atoms with Gasteiger partial charge in [-0.25, -0.2) is 0 Å².